The molecule has 7 nitrogen and oxygen atoms in total. The normalized spacial score (nSPS) is 10.4. The number of aliphatic carboxylic acids is 1. The predicted molar refractivity (Wildman–Crippen MR) is 41.3 cm³/mol. The monoisotopic (exact) mass is 182 g/mol. The van der Waals surface area contributed by atoms with Gasteiger partial charge in [0.25, 0.3) is 0 Å². The quantitative estimate of drug-likeness (QED) is 0.421. The van der Waals surface area contributed by atoms with Gasteiger partial charge in [0.05, 0.1) is 0 Å². The minimum absolute atomic E-state index is 0. The number of amides is 1. The van der Waals surface area contributed by atoms with Crippen LogP contribution in [0.2, 0.25) is 0 Å². The van der Waals surface area contributed by atoms with Crippen LogP contribution in [0.1, 0.15) is 12.8 Å². The first-order valence-electron chi connectivity index (χ1n) is 2.80. The lowest BCUT2D eigenvalue weighted by Crippen LogP contribution is -2.31. The van der Waals surface area contributed by atoms with Crippen LogP contribution in [-0.4, -0.2) is 34.0 Å². The summed E-state index contributed by atoms with van der Waals surface area (Å²) in [6.07, 6.45) is 0.123. The lowest BCUT2D eigenvalue weighted by atomic mass is 10.2. The number of carboxylic acid groups (broad SMARTS) is 1. The molecular formula is C5H14N2O5. The fraction of sp³-hybridized carbons (Fsp3) is 0.600. The molecule has 0 aliphatic carbocycles. The number of carbonyl (C=O) groups excluding carboxylic acids is 1. The largest absolute Gasteiger partial charge is 0.480 e. The minimum Gasteiger partial charge on any atom is -0.480 e. The van der Waals surface area contributed by atoms with Gasteiger partial charge < -0.3 is 27.5 Å². The minimum atomic E-state index is -1.11. The Labute approximate surface area is 69.0 Å². The van der Waals surface area contributed by atoms with E-state index in [1.54, 1.807) is 0 Å². The van der Waals surface area contributed by atoms with E-state index in [-0.39, 0.29) is 23.8 Å². The van der Waals surface area contributed by atoms with Crippen molar-refractivity contribution in [2.45, 2.75) is 18.9 Å². The Morgan fingerprint density at radius 1 is 1.33 bits per heavy atom. The van der Waals surface area contributed by atoms with Crippen LogP contribution in [0, 0.1) is 0 Å². The van der Waals surface area contributed by atoms with Crippen LogP contribution in [0.3, 0.4) is 0 Å². The van der Waals surface area contributed by atoms with Crippen molar-refractivity contribution in [1.29, 1.82) is 0 Å². The smallest absolute Gasteiger partial charge is 0.320 e. The maximum Gasteiger partial charge on any atom is 0.320 e. The number of hydrogen-bond acceptors (Lipinski definition) is 3. The van der Waals surface area contributed by atoms with E-state index in [1.165, 1.54) is 0 Å². The van der Waals surface area contributed by atoms with Crippen molar-refractivity contribution in [3.63, 3.8) is 0 Å². The third kappa shape index (κ3) is 8.82. The summed E-state index contributed by atoms with van der Waals surface area (Å²) in [5, 5.41) is 8.22. The molecule has 0 bridgehead atoms. The summed E-state index contributed by atoms with van der Waals surface area (Å²) in [6, 6.07) is -0.979. The molecule has 0 unspecified atom stereocenters. The topological polar surface area (TPSA) is 169 Å². The van der Waals surface area contributed by atoms with Gasteiger partial charge >= 0.3 is 5.97 Å². The summed E-state index contributed by atoms with van der Waals surface area (Å²) >= 11 is 0. The Kier molecular flexibility index (Phi) is 11.3. The Bertz CT molecular complexity index is 149. The summed E-state index contributed by atoms with van der Waals surface area (Å²) in [5.41, 5.74) is 9.81. The van der Waals surface area contributed by atoms with Gasteiger partial charge in [0, 0.05) is 6.42 Å². The Morgan fingerprint density at radius 2 is 1.75 bits per heavy atom. The fourth-order valence-corrected chi connectivity index (χ4v) is 0.421. The third-order valence-electron chi connectivity index (χ3n) is 1.02. The SMILES string of the molecule is NC(=O)CC[C@H](N)C(=O)O.O.O. The van der Waals surface area contributed by atoms with Gasteiger partial charge in [0.1, 0.15) is 6.04 Å². The zero-order chi connectivity index (χ0) is 8.15. The lowest BCUT2D eigenvalue weighted by molar-refractivity contribution is -0.138. The van der Waals surface area contributed by atoms with Crippen LogP contribution in [0.25, 0.3) is 0 Å². The van der Waals surface area contributed by atoms with E-state index in [2.05, 4.69) is 0 Å². The predicted octanol–water partition coefficient (Wildman–Crippen LogP) is -2.99. The molecule has 1 atom stereocenters. The maximum absolute atomic E-state index is 10.1. The van der Waals surface area contributed by atoms with Crippen LogP contribution in [0.15, 0.2) is 0 Å². The second kappa shape index (κ2) is 7.92. The molecule has 12 heavy (non-hydrogen) atoms. The van der Waals surface area contributed by atoms with E-state index in [1.807, 2.05) is 0 Å². The first-order chi connectivity index (χ1) is 4.54. The van der Waals surface area contributed by atoms with Crippen LogP contribution >= 0.6 is 0 Å². The molecular weight excluding hydrogens is 168 g/mol. The number of hydrogen-bond donors (Lipinski definition) is 3. The van der Waals surface area contributed by atoms with E-state index in [0.29, 0.717) is 0 Å². The Balaban J connectivity index is -0.000000405. The standard InChI is InChI=1S/C5H10N2O3.2H2O/c6-3(5(9)10)1-2-4(7)8;;/h3H,1-2,6H2,(H2,7,8)(H,9,10);2*1H2/t3-;;/m0../s1. The van der Waals surface area contributed by atoms with Crippen LogP contribution in [0.5, 0.6) is 0 Å². The highest BCUT2D eigenvalue weighted by atomic mass is 16.4. The molecule has 0 aliphatic heterocycles. The number of carboxylic acids is 1. The Morgan fingerprint density at radius 3 is 2.00 bits per heavy atom. The maximum atomic E-state index is 10.1. The molecule has 9 N–H and O–H groups in total. The number of carbonyl (C=O) groups is 2. The molecule has 0 aliphatic rings. The number of rotatable bonds is 4. The Hall–Kier alpha value is -1.18. The molecule has 0 rings (SSSR count). The van der Waals surface area contributed by atoms with Crippen LogP contribution < -0.4 is 11.5 Å². The zero-order valence-corrected chi connectivity index (χ0v) is 6.41. The lowest BCUT2D eigenvalue weighted by Gasteiger charge is -2.01. The molecule has 0 fully saturated rings. The van der Waals surface area contributed by atoms with Crippen molar-refractivity contribution in [1.82, 2.24) is 0 Å². The molecule has 0 aromatic heterocycles. The van der Waals surface area contributed by atoms with E-state index in [0.717, 1.165) is 0 Å². The molecule has 1 amide bonds. The van der Waals surface area contributed by atoms with E-state index in [4.69, 9.17) is 16.6 Å². The summed E-state index contributed by atoms with van der Waals surface area (Å²) in [6.45, 7) is 0. The van der Waals surface area contributed by atoms with Crippen molar-refractivity contribution < 1.29 is 25.6 Å². The molecule has 0 aromatic rings. The highest BCUT2D eigenvalue weighted by Crippen LogP contribution is 1.92. The van der Waals surface area contributed by atoms with Gasteiger partial charge in [-0.25, -0.2) is 0 Å². The molecule has 7 heteroatoms. The fourth-order valence-electron chi connectivity index (χ4n) is 0.421. The van der Waals surface area contributed by atoms with Gasteiger partial charge in [-0.15, -0.1) is 0 Å². The van der Waals surface area contributed by atoms with Crippen molar-refractivity contribution in [3.8, 4) is 0 Å². The highest BCUT2D eigenvalue weighted by molar-refractivity contribution is 5.76. The average molecular weight is 182 g/mol. The van der Waals surface area contributed by atoms with Gasteiger partial charge in [0.2, 0.25) is 5.91 Å². The zero-order valence-electron chi connectivity index (χ0n) is 6.41. The van der Waals surface area contributed by atoms with Crippen LogP contribution in [-0.2, 0) is 9.59 Å². The van der Waals surface area contributed by atoms with Gasteiger partial charge in [-0.3, -0.25) is 9.59 Å². The summed E-state index contributed by atoms with van der Waals surface area (Å²) in [7, 11) is 0. The van der Waals surface area contributed by atoms with Crippen molar-refractivity contribution in [2.75, 3.05) is 0 Å². The molecule has 0 spiro atoms. The number of nitrogens with two attached hydrogens (primary N) is 2. The first-order valence-corrected chi connectivity index (χ1v) is 2.80. The molecule has 74 valence electrons. The first kappa shape index (κ1) is 17.1. The van der Waals surface area contributed by atoms with E-state index < -0.39 is 17.9 Å². The second-order valence-corrected chi connectivity index (χ2v) is 1.95. The summed E-state index contributed by atoms with van der Waals surface area (Å²) < 4.78 is 0. The van der Waals surface area contributed by atoms with Gasteiger partial charge in [0.15, 0.2) is 0 Å². The molecule has 0 aromatic carbocycles. The molecule has 0 saturated carbocycles. The highest BCUT2D eigenvalue weighted by Gasteiger charge is 2.11. The van der Waals surface area contributed by atoms with Crippen molar-refractivity contribution in [3.05, 3.63) is 0 Å². The van der Waals surface area contributed by atoms with Crippen molar-refractivity contribution >= 4 is 11.9 Å². The van der Waals surface area contributed by atoms with E-state index >= 15 is 0 Å². The average Bonchev–Trinajstić information content (AvgIpc) is 1.82. The van der Waals surface area contributed by atoms with Gasteiger partial charge in [-0.2, -0.15) is 0 Å². The number of primary amides is 1. The van der Waals surface area contributed by atoms with Crippen LogP contribution in [0.4, 0.5) is 0 Å². The second-order valence-electron chi connectivity index (χ2n) is 1.95. The third-order valence-corrected chi connectivity index (χ3v) is 1.02. The van der Waals surface area contributed by atoms with Gasteiger partial charge in [-0.05, 0) is 6.42 Å². The molecule has 0 heterocycles. The summed E-state index contributed by atoms with van der Waals surface area (Å²) in [5.74, 6) is -1.64. The van der Waals surface area contributed by atoms with Gasteiger partial charge in [-0.1, -0.05) is 0 Å². The summed E-state index contributed by atoms with van der Waals surface area (Å²) in [4.78, 5) is 20.1. The molecule has 0 radical (unpaired) electrons. The van der Waals surface area contributed by atoms with Crippen molar-refractivity contribution in [2.24, 2.45) is 11.5 Å². The van der Waals surface area contributed by atoms with E-state index in [9.17, 15) is 9.59 Å². The molecule has 0 saturated heterocycles.